The highest BCUT2D eigenvalue weighted by atomic mass is 16.6. The number of nitrogens with zero attached hydrogens (tertiary/aromatic N) is 1. The highest BCUT2D eigenvalue weighted by Crippen LogP contribution is 2.38. The van der Waals surface area contributed by atoms with Crippen molar-refractivity contribution in [2.75, 3.05) is 20.3 Å². The van der Waals surface area contributed by atoms with Crippen LogP contribution in [-0.2, 0) is 23.8 Å². The van der Waals surface area contributed by atoms with E-state index in [1.165, 1.54) is 0 Å². The molecule has 6 nitrogen and oxygen atoms in total. The summed E-state index contributed by atoms with van der Waals surface area (Å²) in [5.41, 5.74) is 0.0689. The highest BCUT2D eigenvalue weighted by Gasteiger charge is 2.43. The highest BCUT2D eigenvalue weighted by molar-refractivity contribution is 5.38. The van der Waals surface area contributed by atoms with E-state index >= 15 is 0 Å². The molecule has 0 N–H and O–H groups in total. The van der Waals surface area contributed by atoms with Gasteiger partial charge in [-0.05, 0) is 47.6 Å². The zero-order valence-corrected chi connectivity index (χ0v) is 13.6. The number of ether oxygens (including phenoxy) is 3. The standard InChI is InChI=1S/C15H27NO5/c1-14(2)6-12(7-15(3,4)16(14)5)20-9-13(21-11-18)8-19-10-17/h10-13H,6-9H2,1-5H3. The molecule has 1 unspecified atom stereocenters. The molecule has 1 aliphatic heterocycles. The first-order valence-corrected chi connectivity index (χ1v) is 7.23. The fourth-order valence-corrected chi connectivity index (χ4v) is 2.99. The summed E-state index contributed by atoms with van der Waals surface area (Å²) in [6.45, 7) is 9.71. The van der Waals surface area contributed by atoms with Crippen molar-refractivity contribution in [1.29, 1.82) is 0 Å². The maximum Gasteiger partial charge on any atom is 0.293 e. The minimum absolute atomic E-state index is 0.0155. The van der Waals surface area contributed by atoms with Crippen molar-refractivity contribution >= 4 is 12.9 Å². The Bertz CT molecular complexity index is 338. The Hall–Kier alpha value is -1.14. The van der Waals surface area contributed by atoms with Crippen molar-refractivity contribution in [2.24, 2.45) is 0 Å². The van der Waals surface area contributed by atoms with Crippen molar-refractivity contribution in [3.8, 4) is 0 Å². The van der Waals surface area contributed by atoms with E-state index in [-0.39, 0.29) is 30.4 Å². The second-order valence-corrected chi connectivity index (χ2v) is 6.83. The second kappa shape index (κ2) is 7.22. The lowest BCUT2D eigenvalue weighted by molar-refractivity contribution is -0.152. The minimum Gasteiger partial charge on any atom is -0.464 e. The Morgan fingerprint density at radius 3 is 2.14 bits per heavy atom. The fraction of sp³-hybridized carbons (Fsp3) is 0.867. The lowest BCUT2D eigenvalue weighted by atomic mass is 9.79. The summed E-state index contributed by atoms with van der Waals surface area (Å²) in [5.74, 6) is 0. The Labute approximate surface area is 126 Å². The minimum atomic E-state index is -0.557. The monoisotopic (exact) mass is 301 g/mol. The molecule has 0 aromatic heterocycles. The topological polar surface area (TPSA) is 65.1 Å². The van der Waals surface area contributed by atoms with Crippen LogP contribution in [0.5, 0.6) is 0 Å². The van der Waals surface area contributed by atoms with Gasteiger partial charge in [0.25, 0.3) is 12.9 Å². The molecular formula is C15H27NO5. The van der Waals surface area contributed by atoms with Crippen LogP contribution in [0.1, 0.15) is 40.5 Å². The summed E-state index contributed by atoms with van der Waals surface area (Å²) in [6, 6.07) is 0. The van der Waals surface area contributed by atoms with Gasteiger partial charge in [-0.2, -0.15) is 0 Å². The molecule has 0 aromatic rings. The Morgan fingerprint density at radius 2 is 1.67 bits per heavy atom. The summed E-state index contributed by atoms with van der Waals surface area (Å²) in [4.78, 5) is 23.0. The molecule has 0 aromatic carbocycles. The molecular weight excluding hydrogens is 274 g/mol. The second-order valence-electron chi connectivity index (χ2n) is 6.83. The molecule has 122 valence electrons. The molecule has 1 fully saturated rings. The fourth-order valence-electron chi connectivity index (χ4n) is 2.99. The van der Waals surface area contributed by atoms with Gasteiger partial charge in [-0.1, -0.05) is 0 Å². The van der Waals surface area contributed by atoms with E-state index < -0.39 is 6.10 Å². The summed E-state index contributed by atoms with van der Waals surface area (Å²) in [7, 11) is 2.13. The van der Waals surface area contributed by atoms with Gasteiger partial charge in [0, 0.05) is 11.1 Å². The summed E-state index contributed by atoms with van der Waals surface area (Å²) < 4.78 is 15.4. The summed E-state index contributed by atoms with van der Waals surface area (Å²) in [5, 5.41) is 0. The van der Waals surface area contributed by atoms with Crippen molar-refractivity contribution in [1.82, 2.24) is 4.90 Å². The van der Waals surface area contributed by atoms with Crippen molar-refractivity contribution in [3.05, 3.63) is 0 Å². The van der Waals surface area contributed by atoms with Crippen LogP contribution in [0.3, 0.4) is 0 Å². The molecule has 6 heteroatoms. The van der Waals surface area contributed by atoms with Gasteiger partial charge in [-0.15, -0.1) is 0 Å². The summed E-state index contributed by atoms with van der Waals surface area (Å²) in [6.07, 6.45) is 1.32. The van der Waals surface area contributed by atoms with E-state index in [1.54, 1.807) is 0 Å². The Morgan fingerprint density at radius 1 is 1.10 bits per heavy atom. The maximum absolute atomic E-state index is 10.5. The van der Waals surface area contributed by atoms with Crippen LogP contribution in [0.4, 0.5) is 0 Å². The van der Waals surface area contributed by atoms with Crippen LogP contribution in [0.25, 0.3) is 0 Å². The van der Waals surface area contributed by atoms with Gasteiger partial charge in [0.05, 0.1) is 12.7 Å². The van der Waals surface area contributed by atoms with E-state index in [4.69, 9.17) is 9.47 Å². The van der Waals surface area contributed by atoms with Crippen molar-refractivity contribution < 1.29 is 23.8 Å². The Balaban J connectivity index is 2.57. The molecule has 1 rings (SSSR count). The number of hydrogen-bond donors (Lipinski definition) is 0. The van der Waals surface area contributed by atoms with Gasteiger partial charge in [-0.3, -0.25) is 14.5 Å². The zero-order chi connectivity index (χ0) is 16.1. The average molecular weight is 301 g/mol. The van der Waals surface area contributed by atoms with Gasteiger partial charge >= 0.3 is 0 Å². The van der Waals surface area contributed by atoms with Gasteiger partial charge < -0.3 is 14.2 Å². The molecule has 0 radical (unpaired) electrons. The third-order valence-corrected chi connectivity index (χ3v) is 4.39. The van der Waals surface area contributed by atoms with Crippen LogP contribution in [0.15, 0.2) is 0 Å². The lowest BCUT2D eigenvalue weighted by Gasteiger charge is -2.53. The van der Waals surface area contributed by atoms with E-state index in [0.717, 1.165) is 12.8 Å². The molecule has 1 aliphatic rings. The number of piperidine rings is 1. The van der Waals surface area contributed by atoms with Crippen LogP contribution >= 0.6 is 0 Å². The first-order chi connectivity index (χ1) is 9.73. The molecule has 0 saturated carbocycles. The van der Waals surface area contributed by atoms with Gasteiger partial charge in [-0.25, -0.2) is 0 Å². The van der Waals surface area contributed by atoms with E-state index in [9.17, 15) is 9.59 Å². The zero-order valence-electron chi connectivity index (χ0n) is 13.6. The molecule has 0 amide bonds. The van der Waals surface area contributed by atoms with Gasteiger partial charge in [0.1, 0.15) is 6.61 Å². The van der Waals surface area contributed by atoms with Crippen LogP contribution in [0.2, 0.25) is 0 Å². The van der Waals surface area contributed by atoms with Gasteiger partial charge in [0.2, 0.25) is 0 Å². The van der Waals surface area contributed by atoms with Gasteiger partial charge in [0.15, 0.2) is 6.10 Å². The average Bonchev–Trinajstić information content (AvgIpc) is 2.38. The molecule has 0 aliphatic carbocycles. The van der Waals surface area contributed by atoms with E-state index in [0.29, 0.717) is 12.9 Å². The smallest absolute Gasteiger partial charge is 0.293 e. The maximum atomic E-state index is 10.5. The predicted molar refractivity (Wildman–Crippen MR) is 77.8 cm³/mol. The quantitative estimate of drug-likeness (QED) is 0.631. The molecule has 1 heterocycles. The summed E-state index contributed by atoms with van der Waals surface area (Å²) >= 11 is 0. The van der Waals surface area contributed by atoms with Crippen molar-refractivity contribution in [2.45, 2.75) is 63.8 Å². The van der Waals surface area contributed by atoms with Crippen LogP contribution in [-0.4, -0.2) is 61.4 Å². The lowest BCUT2D eigenvalue weighted by Crippen LogP contribution is -2.60. The molecule has 1 atom stereocenters. The number of likely N-dealkylation sites (tertiary alicyclic amines) is 1. The van der Waals surface area contributed by atoms with E-state index in [2.05, 4.69) is 44.4 Å². The first kappa shape index (κ1) is 17.9. The molecule has 0 spiro atoms. The largest absolute Gasteiger partial charge is 0.464 e. The number of carbonyl (C=O) groups is 2. The molecule has 21 heavy (non-hydrogen) atoms. The number of carbonyl (C=O) groups excluding carboxylic acids is 2. The predicted octanol–water partition coefficient (Wildman–Crippen LogP) is 1.37. The normalized spacial score (nSPS) is 23.3. The van der Waals surface area contributed by atoms with Crippen LogP contribution in [0, 0.1) is 0 Å². The first-order valence-electron chi connectivity index (χ1n) is 7.23. The van der Waals surface area contributed by atoms with Crippen molar-refractivity contribution in [3.63, 3.8) is 0 Å². The number of rotatable bonds is 8. The Kier molecular flexibility index (Phi) is 6.16. The molecule has 0 bridgehead atoms. The third kappa shape index (κ3) is 4.97. The molecule has 1 saturated heterocycles. The van der Waals surface area contributed by atoms with E-state index in [1.807, 2.05) is 0 Å². The number of hydrogen-bond acceptors (Lipinski definition) is 6. The third-order valence-electron chi connectivity index (χ3n) is 4.39. The SMILES string of the molecule is CN1C(C)(C)CC(OCC(COC=O)OC=O)CC1(C)C. The van der Waals surface area contributed by atoms with Crippen LogP contribution < -0.4 is 0 Å².